The number of nitrogens with one attached hydrogen (secondary N) is 1. The van der Waals surface area contributed by atoms with E-state index in [2.05, 4.69) is 27.4 Å². The minimum absolute atomic E-state index is 0.222. The van der Waals surface area contributed by atoms with E-state index in [1.165, 1.54) is 5.56 Å². The molecule has 3 aromatic rings. The van der Waals surface area contributed by atoms with Crippen molar-refractivity contribution in [1.29, 1.82) is 0 Å². The van der Waals surface area contributed by atoms with Gasteiger partial charge in [-0.15, -0.1) is 0 Å². The summed E-state index contributed by atoms with van der Waals surface area (Å²) < 4.78 is 7.45. The van der Waals surface area contributed by atoms with Crippen molar-refractivity contribution in [1.82, 2.24) is 14.7 Å². The van der Waals surface area contributed by atoms with E-state index < -0.39 is 0 Å². The molecule has 1 fully saturated rings. The highest BCUT2D eigenvalue weighted by Gasteiger charge is 2.23. The Morgan fingerprint density at radius 2 is 1.87 bits per heavy atom. The molecule has 4 rings (SSSR count). The third kappa shape index (κ3) is 5.27. The molecule has 0 radical (unpaired) electrons. The van der Waals surface area contributed by atoms with E-state index in [1.807, 2.05) is 35.9 Å². The van der Waals surface area contributed by atoms with E-state index in [0.29, 0.717) is 23.0 Å². The lowest BCUT2D eigenvalue weighted by Gasteiger charge is -2.32. The number of carbonyl (C=O) groups excluding carboxylic acids is 1. The van der Waals surface area contributed by atoms with E-state index in [-0.39, 0.29) is 11.9 Å². The van der Waals surface area contributed by atoms with Crippen LogP contribution in [-0.2, 0) is 6.54 Å². The predicted octanol–water partition coefficient (Wildman–Crippen LogP) is 5.02. The first kappa shape index (κ1) is 21.4. The van der Waals surface area contributed by atoms with Gasteiger partial charge in [-0.1, -0.05) is 35.9 Å². The van der Waals surface area contributed by atoms with E-state index in [1.54, 1.807) is 24.4 Å². The Hall–Kier alpha value is -2.83. The smallest absolute Gasteiger partial charge is 0.258 e. The van der Waals surface area contributed by atoms with E-state index in [0.717, 1.165) is 38.2 Å². The summed E-state index contributed by atoms with van der Waals surface area (Å²) in [5, 5.41) is 7.88. The fourth-order valence-corrected chi connectivity index (χ4v) is 4.19. The minimum atomic E-state index is -0.222. The summed E-state index contributed by atoms with van der Waals surface area (Å²) in [6.45, 7) is 5.56. The van der Waals surface area contributed by atoms with Gasteiger partial charge in [0.1, 0.15) is 11.6 Å². The second kappa shape index (κ2) is 9.98. The Labute approximate surface area is 187 Å². The van der Waals surface area contributed by atoms with Crippen molar-refractivity contribution in [3.8, 4) is 5.75 Å². The molecule has 1 aliphatic heterocycles. The van der Waals surface area contributed by atoms with Crippen LogP contribution in [0.1, 0.15) is 41.7 Å². The number of rotatable bonds is 7. The maximum Gasteiger partial charge on any atom is 0.258 e. The molecule has 1 saturated heterocycles. The largest absolute Gasteiger partial charge is 0.494 e. The summed E-state index contributed by atoms with van der Waals surface area (Å²) in [5.41, 5.74) is 1.75. The molecule has 0 spiro atoms. The van der Waals surface area contributed by atoms with Crippen molar-refractivity contribution in [2.45, 2.75) is 32.4 Å². The van der Waals surface area contributed by atoms with Crippen molar-refractivity contribution >= 4 is 23.3 Å². The van der Waals surface area contributed by atoms with Gasteiger partial charge >= 0.3 is 0 Å². The quantitative estimate of drug-likeness (QED) is 0.562. The van der Waals surface area contributed by atoms with Crippen molar-refractivity contribution in [2.24, 2.45) is 0 Å². The monoisotopic (exact) mass is 438 g/mol. The molecule has 2 aromatic carbocycles. The number of anilines is 1. The van der Waals surface area contributed by atoms with Crippen LogP contribution in [0.5, 0.6) is 5.75 Å². The molecule has 0 unspecified atom stereocenters. The normalized spacial score (nSPS) is 15.0. The molecule has 2 heterocycles. The zero-order valence-corrected chi connectivity index (χ0v) is 18.4. The van der Waals surface area contributed by atoms with Gasteiger partial charge in [-0.25, -0.2) is 4.68 Å². The van der Waals surface area contributed by atoms with E-state index >= 15 is 0 Å². The van der Waals surface area contributed by atoms with Gasteiger partial charge in [-0.2, -0.15) is 5.10 Å². The third-order valence-corrected chi connectivity index (χ3v) is 5.90. The molecule has 0 saturated carbocycles. The van der Waals surface area contributed by atoms with Crippen LogP contribution in [0.2, 0.25) is 5.02 Å². The van der Waals surface area contributed by atoms with Gasteiger partial charge in [0, 0.05) is 25.7 Å². The van der Waals surface area contributed by atoms with Crippen LogP contribution in [0.3, 0.4) is 0 Å². The highest BCUT2D eigenvalue weighted by Crippen LogP contribution is 2.27. The number of halogens is 1. The SMILES string of the molecule is CCOc1ccc(CN2CCC(n3nccc3NC(=O)c3ccccc3Cl)CC2)cc1. The molecule has 162 valence electrons. The fourth-order valence-electron chi connectivity index (χ4n) is 3.97. The molecule has 1 aliphatic rings. The number of piperidine rings is 1. The zero-order valence-electron chi connectivity index (χ0n) is 17.6. The fraction of sp³-hybridized carbons (Fsp3) is 0.333. The molecule has 1 N–H and O–H groups in total. The van der Waals surface area contributed by atoms with Crippen molar-refractivity contribution in [2.75, 3.05) is 25.0 Å². The first-order valence-electron chi connectivity index (χ1n) is 10.7. The summed E-state index contributed by atoms with van der Waals surface area (Å²) in [6.07, 6.45) is 3.69. The summed E-state index contributed by atoms with van der Waals surface area (Å²) in [5.74, 6) is 1.39. The minimum Gasteiger partial charge on any atom is -0.494 e. The lowest BCUT2D eigenvalue weighted by atomic mass is 10.0. The zero-order chi connectivity index (χ0) is 21.6. The van der Waals surface area contributed by atoms with Gasteiger partial charge in [0.15, 0.2) is 0 Å². The standard InChI is InChI=1S/C24H27ClN4O2/c1-2-31-20-9-7-18(8-10-20)17-28-15-12-19(13-16-28)29-23(11-14-26-29)27-24(30)21-5-3-4-6-22(21)25/h3-11,14,19H,2,12-13,15-17H2,1H3,(H,27,30). The first-order chi connectivity index (χ1) is 15.1. The summed E-state index contributed by atoms with van der Waals surface area (Å²) in [6, 6.07) is 17.5. The average Bonchev–Trinajstić information content (AvgIpc) is 3.24. The number of benzene rings is 2. The third-order valence-electron chi connectivity index (χ3n) is 5.57. The second-order valence-electron chi connectivity index (χ2n) is 7.68. The summed E-state index contributed by atoms with van der Waals surface area (Å²) in [7, 11) is 0. The van der Waals surface area contributed by atoms with Crippen molar-refractivity contribution in [3.63, 3.8) is 0 Å². The molecular weight excluding hydrogens is 412 g/mol. The number of ether oxygens (including phenoxy) is 1. The number of likely N-dealkylation sites (tertiary alicyclic amines) is 1. The van der Waals surface area contributed by atoms with Gasteiger partial charge in [0.25, 0.3) is 5.91 Å². The van der Waals surface area contributed by atoms with E-state index in [4.69, 9.17) is 16.3 Å². The lowest BCUT2D eigenvalue weighted by molar-refractivity contribution is 0.102. The van der Waals surface area contributed by atoms with Crippen LogP contribution in [0.15, 0.2) is 60.8 Å². The molecular formula is C24H27ClN4O2. The Balaban J connectivity index is 1.34. The number of aromatic nitrogens is 2. The van der Waals surface area contributed by atoms with Crippen molar-refractivity contribution in [3.05, 3.63) is 76.9 Å². The second-order valence-corrected chi connectivity index (χ2v) is 8.09. The molecule has 0 bridgehead atoms. The molecule has 1 amide bonds. The summed E-state index contributed by atoms with van der Waals surface area (Å²) >= 11 is 6.16. The van der Waals surface area contributed by atoms with E-state index in [9.17, 15) is 4.79 Å². The maximum absolute atomic E-state index is 12.6. The topological polar surface area (TPSA) is 59.4 Å². The maximum atomic E-state index is 12.6. The van der Waals surface area contributed by atoms with Crippen LogP contribution in [0.4, 0.5) is 5.82 Å². The number of nitrogens with zero attached hydrogens (tertiary/aromatic N) is 3. The Morgan fingerprint density at radius 3 is 2.58 bits per heavy atom. The Bertz CT molecular complexity index is 1010. The molecule has 1 aromatic heterocycles. The van der Waals surface area contributed by atoms with Gasteiger partial charge in [0.2, 0.25) is 0 Å². The van der Waals surface area contributed by atoms with Crippen LogP contribution in [0.25, 0.3) is 0 Å². The van der Waals surface area contributed by atoms with Crippen LogP contribution in [0, 0.1) is 0 Å². The van der Waals surface area contributed by atoms with Gasteiger partial charge in [0.05, 0.1) is 29.4 Å². The average molecular weight is 439 g/mol. The number of hydrogen-bond donors (Lipinski definition) is 1. The highest BCUT2D eigenvalue weighted by atomic mass is 35.5. The molecule has 7 heteroatoms. The lowest BCUT2D eigenvalue weighted by Crippen LogP contribution is -2.35. The number of carbonyl (C=O) groups is 1. The highest BCUT2D eigenvalue weighted by molar-refractivity contribution is 6.34. The van der Waals surface area contributed by atoms with Crippen LogP contribution < -0.4 is 10.1 Å². The first-order valence-corrected chi connectivity index (χ1v) is 11.1. The molecule has 6 nitrogen and oxygen atoms in total. The number of hydrogen-bond acceptors (Lipinski definition) is 4. The number of amides is 1. The van der Waals surface area contributed by atoms with Crippen LogP contribution >= 0.6 is 11.6 Å². The van der Waals surface area contributed by atoms with Crippen LogP contribution in [-0.4, -0.2) is 40.3 Å². The molecule has 0 atom stereocenters. The molecule has 0 aliphatic carbocycles. The van der Waals surface area contributed by atoms with Gasteiger partial charge in [-0.3, -0.25) is 9.69 Å². The Morgan fingerprint density at radius 1 is 1.13 bits per heavy atom. The van der Waals surface area contributed by atoms with Gasteiger partial charge in [-0.05, 0) is 49.6 Å². The molecule has 31 heavy (non-hydrogen) atoms. The van der Waals surface area contributed by atoms with Crippen molar-refractivity contribution < 1.29 is 9.53 Å². The van der Waals surface area contributed by atoms with Gasteiger partial charge < -0.3 is 10.1 Å². The Kier molecular flexibility index (Phi) is 6.89. The predicted molar refractivity (Wildman–Crippen MR) is 123 cm³/mol. The summed E-state index contributed by atoms with van der Waals surface area (Å²) in [4.78, 5) is 15.1.